The van der Waals surface area contributed by atoms with E-state index in [9.17, 15) is 4.79 Å². The first-order valence-corrected chi connectivity index (χ1v) is 8.00. The van der Waals surface area contributed by atoms with Crippen LogP contribution in [0.3, 0.4) is 0 Å². The minimum Gasteiger partial charge on any atom is -0.352 e. The largest absolute Gasteiger partial charge is 0.352 e. The highest BCUT2D eigenvalue weighted by Gasteiger charge is 2.19. The Balaban J connectivity index is 2.16. The molecule has 0 aliphatic heterocycles. The number of benzene rings is 1. The Morgan fingerprint density at radius 3 is 2.91 bits per heavy atom. The van der Waals surface area contributed by atoms with Gasteiger partial charge in [-0.3, -0.25) is 4.79 Å². The molecule has 0 aliphatic rings. The number of carbonyl (C=O) groups excluding carboxylic acids is 1. The number of halogens is 1. The van der Waals surface area contributed by atoms with Crippen LogP contribution in [0.2, 0.25) is 5.02 Å². The van der Waals surface area contributed by atoms with Crippen molar-refractivity contribution in [3.63, 3.8) is 0 Å². The minimum absolute atomic E-state index is 0.0628. The van der Waals surface area contributed by atoms with Crippen LogP contribution in [0, 0.1) is 0 Å². The normalized spacial score (nSPS) is 12.0. The number of amides is 1. The first-order valence-electron chi connectivity index (χ1n) is 6.74. The molecule has 1 amide bonds. The fourth-order valence-corrected chi connectivity index (χ4v) is 2.88. The van der Waals surface area contributed by atoms with Crippen molar-refractivity contribution in [3.05, 3.63) is 41.9 Å². The van der Waals surface area contributed by atoms with Gasteiger partial charge in [-0.1, -0.05) is 41.6 Å². The number of aromatic nitrogens is 3. The van der Waals surface area contributed by atoms with Gasteiger partial charge in [0.2, 0.25) is 5.91 Å². The Bertz CT molecular complexity index is 686. The molecule has 7 heteroatoms. The maximum Gasteiger partial charge on any atom is 0.233 e. The third kappa shape index (κ3) is 3.69. The molecule has 0 radical (unpaired) electrons. The predicted molar refractivity (Wildman–Crippen MR) is 90.0 cm³/mol. The van der Waals surface area contributed by atoms with Gasteiger partial charge in [0.15, 0.2) is 11.0 Å². The quantitative estimate of drug-likeness (QED) is 0.651. The summed E-state index contributed by atoms with van der Waals surface area (Å²) in [6.45, 7) is 5.85. The van der Waals surface area contributed by atoms with Crippen LogP contribution in [0.25, 0.3) is 11.4 Å². The molecule has 0 fully saturated rings. The lowest BCUT2D eigenvalue weighted by atomic mass is 10.2. The molecule has 2 rings (SSSR count). The van der Waals surface area contributed by atoms with Crippen LogP contribution in [0.4, 0.5) is 0 Å². The van der Waals surface area contributed by atoms with E-state index in [1.165, 1.54) is 11.8 Å². The van der Waals surface area contributed by atoms with Gasteiger partial charge < -0.3 is 9.88 Å². The Hall–Kier alpha value is -1.79. The monoisotopic (exact) mass is 336 g/mol. The summed E-state index contributed by atoms with van der Waals surface area (Å²) in [6, 6.07) is 7.46. The smallest absolute Gasteiger partial charge is 0.233 e. The van der Waals surface area contributed by atoms with Gasteiger partial charge in [0, 0.05) is 19.2 Å². The molecule has 0 saturated carbocycles. The predicted octanol–water partition coefficient (Wildman–Crippen LogP) is 2.92. The van der Waals surface area contributed by atoms with Crippen molar-refractivity contribution < 1.29 is 4.79 Å². The van der Waals surface area contributed by atoms with Crippen molar-refractivity contribution in [2.75, 3.05) is 6.54 Å². The minimum atomic E-state index is -0.276. The van der Waals surface area contributed by atoms with Crippen LogP contribution >= 0.6 is 23.4 Å². The number of hydrogen-bond acceptors (Lipinski definition) is 4. The Labute approximate surface area is 138 Å². The van der Waals surface area contributed by atoms with Gasteiger partial charge in [-0.15, -0.1) is 16.8 Å². The van der Waals surface area contributed by atoms with Crippen molar-refractivity contribution in [1.29, 1.82) is 0 Å². The molecular weight excluding hydrogens is 320 g/mol. The van der Waals surface area contributed by atoms with Crippen LogP contribution in [0.5, 0.6) is 0 Å². The lowest BCUT2D eigenvalue weighted by molar-refractivity contribution is -0.120. The molecule has 1 unspecified atom stereocenters. The second-order valence-corrected chi connectivity index (χ2v) is 6.35. The lowest BCUT2D eigenvalue weighted by Crippen LogP contribution is -2.31. The zero-order valence-electron chi connectivity index (χ0n) is 12.4. The molecule has 0 bridgehead atoms. The summed E-state index contributed by atoms with van der Waals surface area (Å²) in [5.74, 6) is 0.610. The molecule has 116 valence electrons. The molecule has 0 saturated heterocycles. The molecule has 1 N–H and O–H groups in total. The summed E-state index contributed by atoms with van der Waals surface area (Å²) in [5.41, 5.74) is 0.815. The molecule has 2 aromatic rings. The van der Waals surface area contributed by atoms with E-state index in [-0.39, 0.29) is 11.2 Å². The highest BCUT2D eigenvalue weighted by atomic mass is 35.5. The van der Waals surface area contributed by atoms with E-state index in [0.29, 0.717) is 22.5 Å². The van der Waals surface area contributed by atoms with Crippen LogP contribution in [0.15, 0.2) is 42.1 Å². The summed E-state index contributed by atoms with van der Waals surface area (Å²) in [7, 11) is 1.86. The number of rotatable bonds is 6. The van der Waals surface area contributed by atoms with Crippen LogP contribution in [-0.4, -0.2) is 32.5 Å². The van der Waals surface area contributed by atoms with Gasteiger partial charge >= 0.3 is 0 Å². The first-order chi connectivity index (χ1) is 10.5. The molecule has 1 aromatic carbocycles. The highest BCUT2D eigenvalue weighted by Crippen LogP contribution is 2.29. The number of thioether (sulfide) groups is 1. The van der Waals surface area contributed by atoms with Crippen LogP contribution in [-0.2, 0) is 11.8 Å². The second-order valence-electron chi connectivity index (χ2n) is 4.64. The zero-order valence-corrected chi connectivity index (χ0v) is 14.0. The molecule has 0 aliphatic carbocycles. The maximum atomic E-state index is 11.9. The summed E-state index contributed by atoms with van der Waals surface area (Å²) < 4.78 is 1.84. The fourth-order valence-electron chi connectivity index (χ4n) is 1.82. The van der Waals surface area contributed by atoms with E-state index in [1.807, 2.05) is 42.8 Å². The van der Waals surface area contributed by atoms with E-state index in [4.69, 9.17) is 11.6 Å². The van der Waals surface area contributed by atoms with E-state index in [0.717, 1.165) is 5.56 Å². The third-order valence-electron chi connectivity index (χ3n) is 3.02. The van der Waals surface area contributed by atoms with Crippen molar-refractivity contribution in [2.45, 2.75) is 17.3 Å². The summed E-state index contributed by atoms with van der Waals surface area (Å²) in [6.07, 6.45) is 1.65. The number of carbonyl (C=O) groups is 1. The SMILES string of the molecule is C=CCNC(=O)C(C)Sc1nnc(-c2ccccc2Cl)n1C. The second kappa shape index (κ2) is 7.47. The Kier molecular flexibility index (Phi) is 5.63. The van der Waals surface area contributed by atoms with E-state index < -0.39 is 0 Å². The molecule has 1 aromatic heterocycles. The third-order valence-corrected chi connectivity index (χ3v) is 4.49. The standard InChI is InChI=1S/C15H17ClN4OS/c1-4-9-17-14(21)10(2)22-15-19-18-13(20(15)3)11-7-5-6-8-12(11)16/h4-8,10H,1,9H2,2-3H3,(H,17,21). The molecule has 1 atom stereocenters. The van der Waals surface area contributed by atoms with Crippen molar-refractivity contribution in [1.82, 2.24) is 20.1 Å². The van der Waals surface area contributed by atoms with Crippen molar-refractivity contribution >= 4 is 29.3 Å². The highest BCUT2D eigenvalue weighted by molar-refractivity contribution is 8.00. The molecule has 22 heavy (non-hydrogen) atoms. The van der Waals surface area contributed by atoms with Gasteiger partial charge in [0.25, 0.3) is 0 Å². The van der Waals surface area contributed by atoms with Crippen LogP contribution in [0.1, 0.15) is 6.92 Å². The fraction of sp³-hybridized carbons (Fsp3) is 0.267. The Morgan fingerprint density at radius 1 is 1.50 bits per heavy atom. The van der Waals surface area contributed by atoms with E-state index >= 15 is 0 Å². The van der Waals surface area contributed by atoms with Crippen LogP contribution < -0.4 is 5.32 Å². The summed E-state index contributed by atoms with van der Waals surface area (Å²) in [5, 5.41) is 12.1. The van der Waals surface area contributed by atoms with Gasteiger partial charge in [-0.05, 0) is 19.1 Å². The topological polar surface area (TPSA) is 59.8 Å². The van der Waals surface area contributed by atoms with E-state index in [1.54, 1.807) is 6.08 Å². The van der Waals surface area contributed by atoms with Crippen molar-refractivity contribution in [2.24, 2.45) is 7.05 Å². The number of nitrogens with zero attached hydrogens (tertiary/aromatic N) is 3. The molecule has 1 heterocycles. The average molecular weight is 337 g/mol. The molecule has 0 spiro atoms. The Morgan fingerprint density at radius 2 is 2.23 bits per heavy atom. The molecule has 5 nitrogen and oxygen atoms in total. The lowest BCUT2D eigenvalue weighted by Gasteiger charge is -2.10. The number of hydrogen-bond donors (Lipinski definition) is 1. The van der Waals surface area contributed by atoms with E-state index in [2.05, 4.69) is 22.1 Å². The van der Waals surface area contributed by atoms with Gasteiger partial charge in [-0.25, -0.2) is 0 Å². The summed E-state index contributed by atoms with van der Waals surface area (Å²) >= 11 is 7.54. The number of nitrogens with one attached hydrogen (secondary N) is 1. The first kappa shape index (κ1) is 16.6. The average Bonchev–Trinajstić information content (AvgIpc) is 2.86. The zero-order chi connectivity index (χ0) is 16.1. The summed E-state index contributed by atoms with van der Waals surface area (Å²) in [4.78, 5) is 11.9. The van der Waals surface area contributed by atoms with Gasteiger partial charge in [0.1, 0.15) is 0 Å². The maximum absolute atomic E-state index is 11.9. The van der Waals surface area contributed by atoms with Crippen molar-refractivity contribution in [3.8, 4) is 11.4 Å². The molecular formula is C15H17ClN4OS. The van der Waals surface area contributed by atoms with Gasteiger partial charge in [-0.2, -0.15) is 0 Å². The van der Waals surface area contributed by atoms with Gasteiger partial charge in [0.05, 0.1) is 10.3 Å².